The van der Waals surface area contributed by atoms with E-state index in [1.807, 2.05) is 0 Å². The molecule has 0 bridgehead atoms. The molecule has 1 saturated heterocycles. The van der Waals surface area contributed by atoms with Crippen LogP contribution in [0, 0.1) is 0 Å². The molecule has 0 saturated carbocycles. The van der Waals surface area contributed by atoms with Gasteiger partial charge in [-0.2, -0.15) is 4.31 Å². The molecule has 1 atom stereocenters. The maximum absolute atomic E-state index is 11.8. The number of aromatic nitrogens is 2. The topological polar surface area (TPSA) is 72.4 Å². The van der Waals surface area contributed by atoms with E-state index in [0.717, 1.165) is 5.69 Å². The summed E-state index contributed by atoms with van der Waals surface area (Å²) in [5.74, 6) is 0.115. The largest absolute Gasteiger partial charge is 0.369 e. The van der Waals surface area contributed by atoms with Crippen LogP contribution in [0.15, 0.2) is 18.6 Å². The first-order chi connectivity index (χ1) is 8.13. The van der Waals surface area contributed by atoms with Crippen LogP contribution in [0.3, 0.4) is 0 Å². The molecule has 6 nitrogen and oxygen atoms in total. The van der Waals surface area contributed by atoms with Gasteiger partial charge < -0.3 is 4.74 Å². The molecule has 1 aromatic heterocycles. The lowest BCUT2D eigenvalue weighted by molar-refractivity contribution is -0.00496. The van der Waals surface area contributed by atoms with Crippen LogP contribution in [0.25, 0.3) is 0 Å². The van der Waals surface area contributed by atoms with Gasteiger partial charge in [0.1, 0.15) is 12.4 Å². The standard InChI is InChI=1S/C10H15N3O3S/c1-2-17(14,15)13-5-6-16-10(7-13)9-3-4-11-8-12-9/h3-4,8,10H,2,5-7H2,1H3/t10-/m1/s1. The molecule has 0 aromatic carbocycles. The highest BCUT2D eigenvalue weighted by atomic mass is 32.2. The number of nitrogens with zero attached hydrogens (tertiary/aromatic N) is 3. The quantitative estimate of drug-likeness (QED) is 0.773. The second kappa shape index (κ2) is 5.07. The molecule has 0 unspecified atom stereocenters. The molecule has 0 spiro atoms. The zero-order chi connectivity index (χ0) is 12.3. The molecular weight excluding hydrogens is 242 g/mol. The molecule has 2 rings (SSSR count). The lowest BCUT2D eigenvalue weighted by Gasteiger charge is -2.31. The maximum atomic E-state index is 11.8. The van der Waals surface area contributed by atoms with Gasteiger partial charge in [-0.05, 0) is 13.0 Å². The highest BCUT2D eigenvalue weighted by molar-refractivity contribution is 7.89. The second-order valence-electron chi connectivity index (χ2n) is 3.75. The van der Waals surface area contributed by atoms with Gasteiger partial charge in [0.05, 0.1) is 18.1 Å². The highest BCUT2D eigenvalue weighted by Gasteiger charge is 2.29. The first-order valence-corrected chi connectivity index (χ1v) is 7.09. The molecule has 0 N–H and O–H groups in total. The van der Waals surface area contributed by atoms with Crippen LogP contribution in [0.4, 0.5) is 0 Å². The Balaban J connectivity index is 2.13. The van der Waals surface area contributed by atoms with Crippen molar-refractivity contribution in [2.45, 2.75) is 13.0 Å². The third-order valence-corrected chi connectivity index (χ3v) is 4.57. The van der Waals surface area contributed by atoms with E-state index in [-0.39, 0.29) is 11.9 Å². The third-order valence-electron chi connectivity index (χ3n) is 2.72. The molecule has 7 heteroatoms. The molecule has 0 aliphatic carbocycles. The van der Waals surface area contributed by atoms with E-state index in [1.165, 1.54) is 10.6 Å². The Morgan fingerprint density at radius 3 is 3.06 bits per heavy atom. The fourth-order valence-electron chi connectivity index (χ4n) is 1.73. The molecular formula is C10H15N3O3S. The molecule has 17 heavy (non-hydrogen) atoms. The molecule has 2 heterocycles. The van der Waals surface area contributed by atoms with E-state index in [9.17, 15) is 8.42 Å². The van der Waals surface area contributed by atoms with Crippen LogP contribution in [0.1, 0.15) is 18.7 Å². The van der Waals surface area contributed by atoms with Crippen molar-refractivity contribution in [1.29, 1.82) is 0 Å². The molecule has 94 valence electrons. The fourth-order valence-corrected chi connectivity index (χ4v) is 2.81. The van der Waals surface area contributed by atoms with Crippen LogP contribution in [-0.4, -0.2) is 48.1 Å². The van der Waals surface area contributed by atoms with Crippen molar-refractivity contribution in [1.82, 2.24) is 14.3 Å². The van der Waals surface area contributed by atoms with Crippen LogP contribution in [0.5, 0.6) is 0 Å². The van der Waals surface area contributed by atoms with Crippen molar-refractivity contribution in [2.24, 2.45) is 0 Å². The highest BCUT2D eigenvalue weighted by Crippen LogP contribution is 2.21. The fraction of sp³-hybridized carbons (Fsp3) is 0.600. The molecule has 1 aliphatic rings. The summed E-state index contributed by atoms with van der Waals surface area (Å²) >= 11 is 0. The van der Waals surface area contributed by atoms with Crippen molar-refractivity contribution in [2.75, 3.05) is 25.4 Å². The zero-order valence-corrected chi connectivity index (χ0v) is 10.4. The zero-order valence-electron chi connectivity index (χ0n) is 9.61. The maximum Gasteiger partial charge on any atom is 0.214 e. The Labute approximate surface area is 101 Å². The van der Waals surface area contributed by atoms with E-state index in [0.29, 0.717) is 19.7 Å². The van der Waals surface area contributed by atoms with E-state index in [1.54, 1.807) is 19.2 Å². The van der Waals surface area contributed by atoms with Gasteiger partial charge >= 0.3 is 0 Å². The molecule has 1 aromatic rings. The van der Waals surface area contributed by atoms with Gasteiger partial charge in [0.2, 0.25) is 10.0 Å². The monoisotopic (exact) mass is 257 g/mol. The minimum Gasteiger partial charge on any atom is -0.369 e. The Hall–Kier alpha value is -1.05. The van der Waals surface area contributed by atoms with Gasteiger partial charge in [0.15, 0.2) is 0 Å². The predicted molar refractivity (Wildman–Crippen MR) is 61.8 cm³/mol. The first-order valence-electron chi connectivity index (χ1n) is 5.49. The number of rotatable bonds is 3. The molecule has 1 fully saturated rings. The SMILES string of the molecule is CCS(=O)(=O)N1CCO[C@@H](c2ccncn2)C1. The van der Waals surface area contributed by atoms with Crippen molar-refractivity contribution in [3.8, 4) is 0 Å². The third kappa shape index (κ3) is 2.80. The lowest BCUT2D eigenvalue weighted by atomic mass is 10.2. The van der Waals surface area contributed by atoms with Crippen LogP contribution in [0.2, 0.25) is 0 Å². The van der Waals surface area contributed by atoms with Crippen LogP contribution >= 0.6 is 0 Å². The van der Waals surface area contributed by atoms with Gasteiger partial charge in [0, 0.05) is 19.3 Å². The number of morpholine rings is 1. The normalized spacial score (nSPS) is 22.5. The minimum absolute atomic E-state index is 0.115. The average molecular weight is 257 g/mol. The number of sulfonamides is 1. The minimum atomic E-state index is -3.15. The predicted octanol–water partition coefficient (Wildman–Crippen LogP) is 0.200. The molecule has 0 amide bonds. The van der Waals surface area contributed by atoms with Crippen molar-refractivity contribution < 1.29 is 13.2 Å². The summed E-state index contributed by atoms with van der Waals surface area (Å²) in [6, 6.07) is 1.74. The summed E-state index contributed by atoms with van der Waals surface area (Å²) in [5.41, 5.74) is 0.719. The summed E-state index contributed by atoms with van der Waals surface area (Å²) in [4.78, 5) is 7.91. The van der Waals surface area contributed by atoms with Gasteiger partial charge in [-0.1, -0.05) is 0 Å². The number of hydrogen-bond acceptors (Lipinski definition) is 5. The average Bonchev–Trinajstić information content (AvgIpc) is 2.40. The van der Waals surface area contributed by atoms with E-state index in [4.69, 9.17) is 4.74 Å². The van der Waals surface area contributed by atoms with Gasteiger partial charge in [-0.3, -0.25) is 0 Å². The van der Waals surface area contributed by atoms with Gasteiger partial charge in [-0.15, -0.1) is 0 Å². The van der Waals surface area contributed by atoms with E-state index >= 15 is 0 Å². The number of hydrogen-bond donors (Lipinski definition) is 0. The Morgan fingerprint density at radius 1 is 1.59 bits per heavy atom. The Morgan fingerprint density at radius 2 is 2.41 bits per heavy atom. The summed E-state index contributed by atoms with van der Waals surface area (Å²) in [5, 5.41) is 0. The summed E-state index contributed by atoms with van der Waals surface area (Å²) in [6.45, 7) is 2.78. The Kier molecular flexibility index (Phi) is 3.70. The van der Waals surface area contributed by atoms with E-state index in [2.05, 4.69) is 9.97 Å². The van der Waals surface area contributed by atoms with Crippen molar-refractivity contribution in [3.05, 3.63) is 24.3 Å². The van der Waals surface area contributed by atoms with Crippen LogP contribution < -0.4 is 0 Å². The smallest absolute Gasteiger partial charge is 0.214 e. The Bertz CT molecular complexity index is 463. The molecule has 1 aliphatic heterocycles. The van der Waals surface area contributed by atoms with E-state index < -0.39 is 10.0 Å². The number of ether oxygens (including phenoxy) is 1. The molecule has 0 radical (unpaired) electrons. The second-order valence-corrected chi connectivity index (χ2v) is 6.01. The lowest BCUT2D eigenvalue weighted by Crippen LogP contribution is -2.43. The summed E-state index contributed by atoms with van der Waals surface area (Å²) in [6.07, 6.45) is 2.76. The van der Waals surface area contributed by atoms with Crippen LogP contribution in [-0.2, 0) is 14.8 Å². The first kappa shape index (κ1) is 12.4. The summed E-state index contributed by atoms with van der Waals surface area (Å²) in [7, 11) is -3.15. The van der Waals surface area contributed by atoms with Crippen molar-refractivity contribution >= 4 is 10.0 Å². The summed E-state index contributed by atoms with van der Waals surface area (Å²) < 4.78 is 30.5. The van der Waals surface area contributed by atoms with Gasteiger partial charge in [0.25, 0.3) is 0 Å². The van der Waals surface area contributed by atoms with Crippen molar-refractivity contribution in [3.63, 3.8) is 0 Å². The van der Waals surface area contributed by atoms with Gasteiger partial charge in [-0.25, -0.2) is 18.4 Å².